The third-order valence-corrected chi connectivity index (χ3v) is 2.72. The Morgan fingerprint density at radius 1 is 1.47 bits per heavy atom. The van der Waals surface area contributed by atoms with Crippen LogP contribution in [0.3, 0.4) is 0 Å². The van der Waals surface area contributed by atoms with Gasteiger partial charge in [0, 0.05) is 18.8 Å². The van der Waals surface area contributed by atoms with E-state index in [1.807, 2.05) is 11.4 Å². The molecule has 2 aromatic rings. The van der Waals surface area contributed by atoms with Crippen molar-refractivity contribution in [2.24, 2.45) is 0 Å². The molecule has 0 aliphatic rings. The van der Waals surface area contributed by atoms with E-state index in [-0.39, 0.29) is 0 Å². The fourth-order valence-corrected chi connectivity index (χ4v) is 1.91. The maximum absolute atomic E-state index is 5.56. The molecule has 0 spiro atoms. The van der Waals surface area contributed by atoms with E-state index in [9.17, 15) is 0 Å². The van der Waals surface area contributed by atoms with Crippen LogP contribution in [0.15, 0.2) is 21.2 Å². The number of aromatic nitrogens is 2. The molecule has 0 bridgehead atoms. The van der Waals surface area contributed by atoms with E-state index < -0.39 is 0 Å². The second kappa shape index (κ2) is 5.14. The van der Waals surface area contributed by atoms with E-state index in [1.165, 1.54) is 5.56 Å². The van der Waals surface area contributed by atoms with Crippen LogP contribution in [0.1, 0.15) is 11.5 Å². The van der Waals surface area contributed by atoms with Gasteiger partial charge in [-0.1, -0.05) is 5.10 Å². The smallest absolute Gasteiger partial charge is 0.315 e. The lowest BCUT2D eigenvalue weighted by Gasteiger charge is -1.96. The Balaban J connectivity index is 1.88. The van der Waals surface area contributed by atoms with Crippen LogP contribution in [-0.4, -0.2) is 16.1 Å². The number of aryl methyl sites for hydroxylation is 1. The number of nitrogens with zero attached hydrogens (tertiary/aromatic N) is 2. The monoisotopic (exact) mass is 243 g/mol. The SMILES string of the molecule is ClCCc1nnc(NCc2ccsc2)o1. The second-order valence-electron chi connectivity index (χ2n) is 2.93. The van der Waals surface area contributed by atoms with Gasteiger partial charge in [-0.3, -0.25) is 0 Å². The van der Waals surface area contributed by atoms with Gasteiger partial charge in [0.05, 0.1) is 0 Å². The maximum atomic E-state index is 5.56. The van der Waals surface area contributed by atoms with Crippen molar-refractivity contribution < 1.29 is 4.42 Å². The number of halogens is 1. The van der Waals surface area contributed by atoms with Crippen molar-refractivity contribution in [1.82, 2.24) is 10.2 Å². The van der Waals surface area contributed by atoms with Crippen molar-refractivity contribution in [3.63, 3.8) is 0 Å². The van der Waals surface area contributed by atoms with Crippen molar-refractivity contribution in [3.05, 3.63) is 28.3 Å². The Kier molecular flexibility index (Phi) is 3.58. The molecule has 0 saturated heterocycles. The van der Waals surface area contributed by atoms with Crippen LogP contribution in [0.25, 0.3) is 0 Å². The van der Waals surface area contributed by atoms with Gasteiger partial charge in [-0.05, 0) is 22.4 Å². The highest BCUT2D eigenvalue weighted by Crippen LogP contribution is 2.10. The molecule has 0 aliphatic carbocycles. The highest BCUT2D eigenvalue weighted by atomic mass is 35.5. The van der Waals surface area contributed by atoms with Gasteiger partial charge in [0.15, 0.2) is 0 Å². The number of thiophene rings is 1. The van der Waals surface area contributed by atoms with Crippen LogP contribution in [0.5, 0.6) is 0 Å². The molecule has 2 aromatic heterocycles. The van der Waals surface area contributed by atoms with E-state index in [2.05, 4.69) is 20.9 Å². The fraction of sp³-hybridized carbons (Fsp3) is 0.333. The molecule has 0 radical (unpaired) electrons. The summed E-state index contributed by atoms with van der Waals surface area (Å²) in [5, 5.41) is 14.8. The van der Waals surface area contributed by atoms with Gasteiger partial charge in [0.1, 0.15) is 0 Å². The summed E-state index contributed by atoms with van der Waals surface area (Å²) in [7, 11) is 0. The molecule has 2 heterocycles. The maximum Gasteiger partial charge on any atom is 0.315 e. The molecule has 0 fully saturated rings. The number of anilines is 1. The van der Waals surface area contributed by atoms with Crippen LogP contribution < -0.4 is 5.32 Å². The first-order chi connectivity index (χ1) is 7.38. The van der Waals surface area contributed by atoms with Gasteiger partial charge in [-0.2, -0.15) is 11.3 Å². The lowest BCUT2D eigenvalue weighted by Crippen LogP contribution is -1.97. The first kappa shape index (κ1) is 10.4. The second-order valence-corrected chi connectivity index (χ2v) is 4.08. The summed E-state index contributed by atoms with van der Waals surface area (Å²) in [5.74, 6) is 1.06. The Labute approximate surface area is 96.3 Å². The zero-order chi connectivity index (χ0) is 10.5. The topological polar surface area (TPSA) is 51.0 Å². The Hall–Kier alpha value is -1.07. The lowest BCUT2D eigenvalue weighted by molar-refractivity contribution is 0.512. The molecule has 1 N–H and O–H groups in total. The van der Waals surface area contributed by atoms with Gasteiger partial charge < -0.3 is 9.73 Å². The minimum atomic E-state index is 0.446. The average molecular weight is 244 g/mol. The third-order valence-electron chi connectivity index (χ3n) is 1.80. The van der Waals surface area contributed by atoms with Gasteiger partial charge in [-0.15, -0.1) is 16.7 Å². The molecule has 15 heavy (non-hydrogen) atoms. The summed E-state index contributed by atoms with van der Waals surface area (Å²) in [4.78, 5) is 0. The van der Waals surface area contributed by atoms with Crippen LogP contribution in [0.2, 0.25) is 0 Å². The first-order valence-electron chi connectivity index (χ1n) is 4.52. The van der Waals surface area contributed by atoms with E-state index >= 15 is 0 Å². The Bertz CT molecular complexity index is 401. The minimum Gasteiger partial charge on any atom is -0.408 e. The van der Waals surface area contributed by atoms with Gasteiger partial charge in [0.2, 0.25) is 5.89 Å². The summed E-state index contributed by atoms with van der Waals surface area (Å²) < 4.78 is 5.31. The predicted octanol–water partition coefficient (Wildman–Crippen LogP) is 2.52. The van der Waals surface area contributed by atoms with Gasteiger partial charge >= 0.3 is 6.01 Å². The molecule has 0 amide bonds. The summed E-state index contributed by atoms with van der Waals surface area (Å²) in [5.41, 5.74) is 1.21. The van der Waals surface area contributed by atoms with Crippen molar-refractivity contribution in [1.29, 1.82) is 0 Å². The normalized spacial score (nSPS) is 10.5. The molecule has 80 valence electrons. The molecule has 2 rings (SSSR count). The van der Waals surface area contributed by atoms with Crippen LogP contribution in [0.4, 0.5) is 6.01 Å². The predicted molar refractivity (Wildman–Crippen MR) is 60.4 cm³/mol. The quantitative estimate of drug-likeness (QED) is 0.820. The number of hydrogen-bond donors (Lipinski definition) is 1. The number of rotatable bonds is 5. The summed E-state index contributed by atoms with van der Waals surface area (Å²) in [6, 6.07) is 2.49. The van der Waals surface area contributed by atoms with E-state index in [1.54, 1.807) is 11.3 Å². The standard InChI is InChI=1S/C9H10ClN3OS/c10-3-1-8-12-13-9(14-8)11-5-7-2-4-15-6-7/h2,4,6H,1,3,5H2,(H,11,13). The molecule has 0 atom stereocenters. The van der Waals surface area contributed by atoms with Crippen molar-refractivity contribution in [2.75, 3.05) is 11.2 Å². The molecule has 4 nitrogen and oxygen atoms in total. The first-order valence-corrected chi connectivity index (χ1v) is 5.99. The van der Waals surface area contributed by atoms with E-state index in [0.29, 0.717) is 30.8 Å². The van der Waals surface area contributed by atoms with E-state index in [4.69, 9.17) is 16.0 Å². The Morgan fingerprint density at radius 3 is 3.13 bits per heavy atom. The fourth-order valence-electron chi connectivity index (χ4n) is 1.08. The van der Waals surface area contributed by atoms with Crippen LogP contribution in [0, 0.1) is 0 Å². The molecule has 0 unspecified atom stereocenters. The largest absolute Gasteiger partial charge is 0.408 e. The zero-order valence-corrected chi connectivity index (χ0v) is 9.51. The molecule has 0 saturated carbocycles. The van der Waals surface area contributed by atoms with E-state index in [0.717, 1.165) is 0 Å². The van der Waals surface area contributed by atoms with Crippen LogP contribution >= 0.6 is 22.9 Å². The van der Waals surface area contributed by atoms with Gasteiger partial charge in [-0.25, -0.2) is 0 Å². The summed E-state index contributed by atoms with van der Waals surface area (Å²) in [6.45, 7) is 0.700. The third kappa shape index (κ3) is 2.94. The van der Waals surface area contributed by atoms with Crippen molar-refractivity contribution >= 4 is 29.0 Å². The number of alkyl halides is 1. The van der Waals surface area contributed by atoms with Crippen molar-refractivity contribution in [2.45, 2.75) is 13.0 Å². The number of nitrogens with one attached hydrogen (secondary N) is 1. The van der Waals surface area contributed by atoms with Crippen LogP contribution in [-0.2, 0) is 13.0 Å². The molecular weight excluding hydrogens is 234 g/mol. The zero-order valence-electron chi connectivity index (χ0n) is 7.94. The molecule has 6 heteroatoms. The average Bonchev–Trinajstić information content (AvgIpc) is 2.85. The molecule has 0 aromatic carbocycles. The molecular formula is C9H10ClN3OS. The van der Waals surface area contributed by atoms with Gasteiger partial charge in [0.25, 0.3) is 0 Å². The minimum absolute atomic E-state index is 0.446. The number of hydrogen-bond acceptors (Lipinski definition) is 5. The summed E-state index contributed by atoms with van der Waals surface area (Å²) in [6.07, 6.45) is 0.606. The lowest BCUT2D eigenvalue weighted by atomic mass is 10.3. The molecule has 0 aliphatic heterocycles. The Morgan fingerprint density at radius 2 is 2.40 bits per heavy atom. The highest BCUT2D eigenvalue weighted by Gasteiger charge is 2.04. The van der Waals surface area contributed by atoms with Crippen molar-refractivity contribution in [3.8, 4) is 0 Å². The summed E-state index contributed by atoms with van der Waals surface area (Å²) >= 11 is 7.22. The highest BCUT2D eigenvalue weighted by molar-refractivity contribution is 7.07.